The van der Waals surface area contributed by atoms with Crippen LogP contribution in [-0.2, 0) is 16.4 Å². The van der Waals surface area contributed by atoms with Crippen molar-refractivity contribution in [1.82, 2.24) is 5.32 Å². The minimum absolute atomic E-state index is 0.0170. The molecule has 1 aromatic carbocycles. The molecule has 0 heterocycles. The van der Waals surface area contributed by atoms with Crippen molar-refractivity contribution < 1.29 is 13.2 Å². The first-order valence-electron chi connectivity index (χ1n) is 7.19. The SMILES string of the molecule is CCCS(=O)(=O)CCOc1c(Cl)cccc1CNC(C)C. The molecule has 0 unspecified atom stereocenters. The van der Waals surface area contributed by atoms with Gasteiger partial charge in [0.25, 0.3) is 0 Å². The molecule has 0 spiro atoms. The van der Waals surface area contributed by atoms with Crippen molar-refractivity contribution >= 4 is 21.4 Å². The lowest BCUT2D eigenvalue weighted by molar-refractivity contribution is 0.336. The van der Waals surface area contributed by atoms with Crippen molar-refractivity contribution in [2.45, 2.75) is 39.8 Å². The van der Waals surface area contributed by atoms with Gasteiger partial charge in [-0.15, -0.1) is 0 Å². The average molecular weight is 334 g/mol. The number of hydrogen-bond acceptors (Lipinski definition) is 4. The number of rotatable bonds is 9. The van der Waals surface area contributed by atoms with Gasteiger partial charge in [-0.1, -0.05) is 44.5 Å². The summed E-state index contributed by atoms with van der Waals surface area (Å²) in [6, 6.07) is 5.88. The van der Waals surface area contributed by atoms with E-state index in [9.17, 15) is 8.42 Å². The first kappa shape index (κ1) is 18.3. The van der Waals surface area contributed by atoms with Gasteiger partial charge in [-0.05, 0) is 12.5 Å². The standard InChI is InChI=1S/C15H24ClNO3S/c1-4-9-21(18,19)10-8-20-15-13(11-17-12(2)3)6-5-7-14(15)16/h5-7,12,17H,4,8-11H2,1-3H3. The number of para-hydroxylation sites is 1. The summed E-state index contributed by atoms with van der Waals surface area (Å²) in [5.41, 5.74) is 0.934. The zero-order valence-electron chi connectivity index (χ0n) is 12.9. The van der Waals surface area contributed by atoms with Crippen molar-refractivity contribution in [3.8, 4) is 5.75 Å². The molecule has 120 valence electrons. The summed E-state index contributed by atoms with van der Waals surface area (Å²) in [7, 11) is -3.04. The lowest BCUT2D eigenvalue weighted by Gasteiger charge is -2.15. The highest BCUT2D eigenvalue weighted by Crippen LogP contribution is 2.28. The maximum Gasteiger partial charge on any atom is 0.153 e. The summed E-state index contributed by atoms with van der Waals surface area (Å²) >= 11 is 6.15. The molecule has 0 fully saturated rings. The number of hydrogen-bond donors (Lipinski definition) is 1. The van der Waals surface area contributed by atoms with Crippen LogP contribution in [-0.4, -0.2) is 32.6 Å². The van der Waals surface area contributed by atoms with Crippen LogP contribution in [0, 0.1) is 0 Å². The van der Waals surface area contributed by atoms with Gasteiger partial charge in [0, 0.05) is 18.2 Å². The van der Waals surface area contributed by atoms with Gasteiger partial charge in [-0.3, -0.25) is 0 Å². The molecular weight excluding hydrogens is 310 g/mol. The Labute approximate surface area is 132 Å². The van der Waals surface area contributed by atoms with Crippen LogP contribution in [0.3, 0.4) is 0 Å². The molecule has 1 N–H and O–H groups in total. The van der Waals surface area contributed by atoms with E-state index in [0.717, 1.165) is 5.56 Å². The zero-order valence-corrected chi connectivity index (χ0v) is 14.4. The van der Waals surface area contributed by atoms with Gasteiger partial charge in [0.2, 0.25) is 0 Å². The second-order valence-electron chi connectivity index (χ2n) is 5.26. The lowest BCUT2D eigenvalue weighted by Crippen LogP contribution is -2.22. The summed E-state index contributed by atoms with van der Waals surface area (Å²) in [5, 5.41) is 3.80. The second-order valence-corrected chi connectivity index (χ2v) is 7.97. The van der Waals surface area contributed by atoms with Gasteiger partial charge in [-0.2, -0.15) is 0 Å². The topological polar surface area (TPSA) is 55.4 Å². The molecule has 0 atom stereocenters. The van der Waals surface area contributed by atoms with Crippen LogP contribution in [0.2, 0.25) is 5.02 Å². The molecule has 1 rings (SSSR count). The third-order valence-corrected chi connectivity index (χ3v) is 5.02. The van der Waals surface area contributed by atoms with E-state index >= 15 is 0 Å². The van der Waals surface area contributed by atoms with Crippen LogP contribution in [0.4, 0.5) is 0 Å². The smallest absolute Gasteiger partial charge is 0.153 e. The third-order valence-electron chi connectivity index (χ3n) is 2.91. The van der Waals surface area contributed by atoms with Crippen molar-refractivity contribution in [1.29, 1.82) is 0 Å². The molecule has 0 saturated carbocycles. The van der Waals surface area contributed by atoms with Gasteiger partial charge in [0.15, 0.2) is 9.84 Å². The Morgan fingerprint density at radius 3 is 2.62 bits per heavy atom. The van der Waals surface area contributed by atoms with E-state index in [1.807, 2.05) is 19.1 Å². The van der Waals surface area contributed by atoms with Gasteiger partial charge in [-0.25, -0.2) is 8.42 Å². The summed E-state index contributed by atoms with van der Waals surface area (Å²) < 4.78 is 29.0. The molecule has 0 radical (unpaired) electrons. The Bertz CT molecular complexity index is 544. The Balaban J connectivity index is 2.69. The van der Waals surface area contributed by atoms with Gasteiger partial charge in [0.05, 0.1) is 16.5 Å². The highest BCUT2D eigenvalue weighted by molar-refractivity contribution is 7.91. The van der Waals surface area contributed by atoms with Gasteiger partial charge < -0.3 is 10.1 Å². The van der Waals surface area contributed by atoms with Crippen LogP contribution in [0.1, 0.15) is 32.8 Å². The molecule has 0 aliphatic rings. The van der Waals surface area contributed by atoms with E-state index in [1.54, 1.807) is 6.07 Å². The van der Waals surface area contributed by atoms with E-state index in [4.69, 9.17) is 16.3 Å². The Hall–Kier alpha value is -0.780. The van der Waals surface area contributed by atoms with Crippen LogP contribution in [0.15, 0.2) is 18.2 Å². The highest BCUT2D eigenvalue weighted by Gasteiger charge is 2.13. The van der Waals surface area contributed by atoms with E-state index in [2.05, 4.69) is 19.2 Å². The number of benzene rings is 1. The number of nitrogens with one attached hydrogen (secondary N) is 1. The fraction of sp³-hybridized carbons (Fsp3) is 0.600. The fourth-order valence-electron chi connectivity index (χ4n) is 1.85. The summed E-state index contributed by atoms with van der Waals surface area (Å²) in [6.07, 6.45) is 0.623. The third kappa shape index (κ3) is 6.68. The first-order valence-corrected chi connectivity index (χ1v) is 9.39. The molecule has 6 heteroatoms. The molecule has 0 amide bonds. The summed E-state index contributed by atoms with van der Waals surface area (Å²) in [6.45, 7) is 6.73. The minimum Gasteiger partial charge on any atom is -0.491 e. The Morgan fingerprint density at radius 1 is 1.29 bits per heavy atom. The minimum atomic E-state index is -3.04. The molecule has 4 nitrogen and oxygen atoms in total. The monoisotopic (exact) mass is 333 g/mol. The van der Waals surface area contributed by atoms with E-state index in [1.165, 1.54) is 0 Å². The quantitative estimate of drug-likeness (QED) is 0.754. The first-order chi connectivity index (χ1) is 9.85. The Kier molecular flexibility index (Phi) is 7.49. The lowest BCUT2D eigenvalue weighted by atomic mass is 10.2. The second kappa shape index (κ2) is 8.61. The van der Waals surface area contributed by atoms with Crippen molar-refractivity contribution in [2.24, 2.45) is 0 Å². The molecule has 0 aromatic heterocycles. The molecule has 0 saturated heterocycles. The Morgan fingerprint density at radius 2 is 2.00 bits per heavy atom. The van der Waals surface area contributed by atoms with Crippen LogP contribution in [0.25, 0.3) is 0 Å². The molecule has 0 bridgehead atoms. The van der Waals surface area contributed by atoms with Crippen LogP contribution >= 0.6 is 11.6 Å². The maximum absolute atomic E-state index is 11.7. The predicted molar refractivity (Wildman–Crippen MR) is 87.9 cm³/mol. The molecule has 0 aliphatic carbocycles. The van der Waals surface area contributed by atoms with Crippen molar-refractivity contribution in [3.05, 3.63) is 28.8 Å². The summed E-state index contributed by atoms with van der Waals surface area (Å²) in [4.78, 5) is 0. The number of ether oxygens (including phenoxy) is 1. The largest absolute Gasteiger partial charge is 0.491 e. The van der Waals surface area contributed by atoms with Crippen LogP contribution < -0.4 is 10.1 Å². The van der Waals surface area contributed by atoms with Crippen molar-refractivity contribution in [2.75, 3.05) is 18.1 Å². The molecule has 21 heavy (non-hydrogen) atoms. The van der Waals surface area contributed by atoms with Crippen LogP contribution in [0.5, 0.6) is 5.75 Å². The predicted octanol–water partition coefficient (Wildman–Crippen LogP) is 3.04. The number of halogens is 1. The average Bonchev–Trinajstić information content (AvgIpc) is 2.38. The maximum atomic E-state index is 11.7. The van der Waals surface area contributed by atoms with Crippen molar-refractivity contribution in [3.63, 3.8) is 0 Å². The zero-order chi connectivity index (χ0) is 15.9. The van der Waals surface area contributed by atoms with E-state index < -0.39 is 9.84 Å². The highest BCUT2D eigenvalue weighted by atomic mass is 35.5. The fourth-order valence-corrected chi connectivity index (χ4v) is 3.26. The molecule has 0 aliphatic heterocycles. The number of sulfone groups is 1. The van der Waals surface area contributed by atoms with Gasteiger partial charge >= 0.3 is 0 Å². The van der Waals surface area contributed by atoms with Gasteiger partial charge in [0.1, 0.15) is 12.4 Å². The normalized spacial score (nSPS) is 11.9. The van der Waals surface area contributed by atoms with E-state index in [-0.39, 0.29) is 18.1 Å². The molecule has 1 aromatic rings. The van der Waals surface area contributed by atoms with E-state index in [0.29, 0.717) is 29.8 Å². The summed E-state index contributed by atoms with van der Waals surface area (Å²) in [5.74, 6) is 0.781. The molecular formula is C15H24ClNO3S.